The number of benzene rings is 2. The molecule has 0 spiro atoms. The number of hydrogen-bond donors (Lipinski definition) is 1. The molecule has 7 heteroatoms. The molecule has 0 radical (unpaired) electrons. The van der Waals surface area contributed by atoms with Crippen LogP contribution in [0.15, 0.2) is 47.4 Å². The van der Waals surface area contributed by atoms with Crippen LogP contribution in [0.3, 0.4) is 0 Å². The zero-order valence-electron chi connectivity index (χ0n) is 16.4. The van der Waals surface area contributed by atoms with E-state index in [0.29, 0.717) is 25.8 Å². The van der Waals surface area contributed by atoms with Gasteiger partial charge in [0.2, 0.25) is 15.9 Å². The summed E-state index contributed by atoms with van der Waals surface area (Å²) in [6.07, 6.45) is 1.72. The summed E-state index contributed by atoms with van der Waals surface area (Å²) in [7, 11) is -2.09. The summed E-state index contributed by atoms with van der Waals surface area (Å²) >= 11 is 0. The molecule has 150 valence electrons. The van der Waals surface area contributed by atoms with Gasteiger partial charge in [0.1, 0.15) is 5.75 Å². The van der Waals surface area contributed by atoms with Crippen LogP contribution in [0.5, 0.6) is 5.75 Å². The number of sulfonamides is 1. The fraction of sp³-hybridized carbons (Fsp3) is 0.381. The number of methoxy groups -OCH3 is 1. The van der Waals surface area contributed by atoms with Gasteiger partial charge in [0.25, 0.3) is 0 Å². The minimum atomic E-state index is -3.68. The Kier molecular flexibility index (Phi) is 6.05. The monoisotopic (exact) mass is 402 g/mol. The first-order valence-corrected chi connectivity index (χ1v) is 11.0. The highest BCUT2D eigenvalue weighted by Gasteiger charge is 2.27. The Morgan fingerprint density at radius 2 is 1.89 bits per heavy atom. The van der Waals surface area contributed by atoms with E-state index in [1.54, 1.807) is 30.2 Å². The van der Waals surface area contributed by atoms with Gasteiger partial charge >= 0.3 is 0 Å². The Bertz CT molecular complexity index is 955. The van der Waals surface area contributed by atoms with Gasteiger partial charge < -0.3 is 9.64 Å². The van der Waals surface area contributed by atoms with E-state index in [4.69, 9.17) is 4.74 Å². The average molecular weight is 403 g/mol. The van der Waals surface area contributed by atoms with Gasteiger partial charge in [0.05, 0.1) is 12.0 Å². The SMILES string of the molecule is CCC(=O)N1CCc2cc(S(=O)(=O)N[C@@H](CC)c3ccc(OC)cc3)ccc21. The van der Waals surface area contributed by atoms with Crippen LogP contribution < -0.4 is 14.4 Å². The molecule has 6 nitrogen and oxygen atoms in total. The second-order valence-electron chi connectivity index (χ2n) is 6.79. The van der Waals surface area contributed by atoms with Gasteiger partial charge in [-0.3, -0.25) is 4.79 Å². The predicted octanol–water partition coefficient (Wildman–Crippen LogP) is 3.42. The molecule has 1 aliphatic heterocycles. The third-order valence-electron chi connectivity index (χ3n) is 5.08. The van der Waals surface area contributed by atoms with Gasteiger partial charge in [0, 0.05) is 24.7 Å². The standard InChI is InChI=1S/C21H26N2O4S/c1-4-19(15-6-8-17(27-3)9-7-15)22-28(25,26)18-10-11-20-16(14-18)12-13-23(20)21(24)5-2/h6-11,14,19,22H,4-5,12-13H2,1-3H3/t19-/m0/s1. The molecule has 1 N–H and O–H groups in total. The van der Waals surface area contributed by atoms with Crippen LogP contribution in [0.4, 0.5) is 5.69 Å². The van der Waals surface area contributed by atoms with E-state index in [9.17, 15) is 13.2 Å². The first-order valence-electron chi connectivity index (χ1n) is 9.49. The van der Waals surface area contributed by atoms with E-state index in [-0.39, 0.29) is 16.8 Å². The predicted molar refractivity (Wildman–Crippen MR) is 109 cm³/mol. The number of hydrogen-bond acceptors (Lipinski definition) is 4. The highest BCUT2D eigenvalue weighted by Crippen LogP contribution is 2.31. The number of amides is 1. The minimum absolute atomic E-state index is 0.0537. The molecular weight excluding hydrogens is 376 g/mol. The lowest BCUT2D eigenvalue weighted by Gasteiger charge is -2.19. The topological polar surface area (TPSA) is 75.7 Å². The van der Waals surface area contributed by atoms with E-state index in [1.807, 2.05) is 38.1 Å². The van der Waals surface area contributed by atoms with Crippen molar-refractivity contribution in [2.45, 2.75) is 44.0 Å². The van der Waals surface area contributed by atoms with Crippen molar-refractivity contribution in [3.8, 4) is 5.75 Å². The number of nitrogens with one attached hydrogen (secondary N) is 1. The summed E-state index contributed by atoms with van der Waals surface area (Å²) in [5, 5.41) is 0. The average Bonchev–Trinajstić information content (AvgIpc) is 3.15. The molecule has 1 amide bonds. The Morgan fingerprint density at radius 3 is 2.50 bits per heavy atom. The third kappa shape index (κ3) is 4.05. The Hall–Kier alpha value is -2.38. The lowest BCUT2D eigenvalue weighted by atomic mass is 10.1. The van der Waals surface area contributed by atoms with Crippen molar-refractivity contribution >= 4 is 21.6 Å². The number of rotatable bonds is 7. The lowest BCUT2D eigenvalue weighted by molar-refractivity contribution is -0.118. The minimum Gasteiger partial charge on any atom is -0.497 e. The van der Waals surface area contributed by atoms with Crippen molar-refractivity contribution in [2.75, 3.05) is 18.6 Å². The first kappa shape index (κ1) is 20.4. The van der Waals surface area contributed by atoms with E-state index >= 15 is 0 Å². The van der Waals surface area contributed by atoms with Crippen molar-refractivity contribution in [3.63, 3.8) is 0 Å². The number of nitrogens with zero attached hydrogens (tertiary/aromatic N) is 1. The summed E-state index contributed by atoms with van der Waals surface area (Å²) < 4.78 is 33.9. The molecule has 1 heterocycles. The Labute approximate surface area is 166 Å². The van der Waals surface area contributed by atoms with Crippen molar-refractivity contribution < 1.29 is 17.9 Å². The van der Waals surface area contributed by atoms with Gasteiger partial charge in [0.15, 0.2) is 0 Å². The maximum atomic E-state index is 13.0. The number of carbonyl (C=O) groups excluding carboxylic acids is 1. The maximum Gasteiger partial charge on any atom is 0.241 e. The second-order valence-corrected chi connectivity index (χ2v) is 8.51. The van der Waals surface area contributed by atoms with Crippen molar-refractivity contribution in [1.82, 2.24) is 4.72 Å². The summed E-state index contributed by atoms with van der Waals surface area (Å²) in [5.74, 6) is 0.782. The van der Waals surface area contributed by atoms with Crippen LogP contribution in [0, 0.1) is 0 Å². The van der Waals surface area contributed by atoms with Gasteiger partial charge in [-0.1, -0.05) is 26.0 Å². The fourth-order valence-corrected chi connectivity index (χ4v) is 4.83. The molecule has 2 aromatic rings. The highest BCUT2D eigenvalue weighted by atomic mass is 32.2. The highest BCUT2D eigenvalue weighted by molar-refractivity contribution is 7.89. The number of carbonyl (C=O) groups is 1. The zero-order chi connectivity index (χ0) is 20.3. The molecule has 0 saturated carbocycles. The molecule has 1 atom stereocenters. The fourth-order valence-electron chi connectivity index (χ4n) is 3.47. The smallest absolute Gasteiger partial charge is 0.241 e. The quantitative estimate of drug-likeness (QED) is 0.770. The first-order chi connectivity index (χ1) is 13.4. The summed E-state index contributed by atoms with van der Waals surface area (Å²) in [6.45, 7) is 4.36. The second kappa shape index (κ2) is 8.32. The molecule has 2 aromatic carbocycles. The molecule has 1 aliphatic rings. The van der Waals surface area contributed by atoms with E-state index < -0.39 is 10.0 Å². The molecule has 0 aromatic heterocycles. The van der Waals surface area contributed by atoms with Crippen molar-refractivity contribution in [1.29, 1.82) is 0 Å². The molecule has 0 aliphatic carbocycles. The van der Waals surface area contributed by atoms with Gasteiger partial charge in [-0.2, -0.15) is 0 Å². The molecule has 3 rings (SSSR count). The Balaban J connectivity index is 1.83. The zero-order valence-corrected chi connectivity index (χ0v) is 17.3. The van der Waals surface area contributed by atoms with Crippen LogP contribution in [-0.2, 0) is 21.2 Å². The van der Waals surface area contributed by atoms with E-state index in [0.717, 1.165) is 22.6 Å². The normalized spacial score (nSPS) is 14.6. The molecule has 0 saturated heterocycles. The van der Waals surface area contributed by atoms with E-state index in [1.165, 1.54) is 0 Å². The summed E-state index contributed by atoms with van der Waals surface area (Å²) in [6, 6.07) is 12.0. The Morgan fingerprint density at radius 1 is 1.18 bits per heavy atom. The molecule has 0 fully saturated rings. The van der Waals surface area contributed by atoms with Gasteiger partial charge in [-0.15, -0.1) is 0 Å². The number of anilines is 1. The van der Waals surface area contributed by atoms with Crippen LogP contribution in [0.1, 0.15) is 43.9 Å². The molecular formula is C21H26N2O4S. The lowest BCUT2D eigenvalue weighted by Crippen LogP contribution is -2.29. The molecule has 0 bridgehead atoms. The molecule has 28 heavy (non-hydrogen) atoms. The summed E-state index contributed by atoms with van der Waals surface area (Å²) in [5.41, 5.74) is 2.59. The van der Waals surface area contributed by atoms with E-state index in [2.05, 4.69) is 4.72 Å². The van der Waals surface area contributed by atoms with Crippen LogP contribution in [0.2, 0.25) is 0 Å². The maximum absolute atomic E-state index is 13.0. The number of fused-ring (bicyclic) bond motifs is 1. The van der Waals surface area contributed by atoms with Gasteiger partial charge in [-0.25, -0.2) is 13.1 Å². The summed E-state index contributed by atoms with van der Waals surface area (Å²) in [4.78, 5) is 14.0. The van der Waals surface area contributed by atoms with Gasteiger partial charge in [-0.05, 0) is 54.3 Å². The van der Waals surface area contributed by atoms with Crippen LogP contribution >= 0.6 is 0 Å². The van der Waals surface area contributed by atoms with Crippen molar-refractivity contribution in [2.24, 2.45) is 0 Å². The molecule has 0 unspecified atom stereocenters. The largest absolute Gasteiger partial charge is 0.497 e. The third-order valence-corrected chi connectivity index (χ3v) is 6.55. The van der Waals surface area contributed by atoms with Crippen LogP contribution in [0.25, 0.3) is 0 Å². The van der Waals surface area contributed by atoms with Crippen LogP contribution in [-0.4, -0.2) is 28.0 Å². The number of ether oxygens (including phenoxy) is 1. The van der Waals surface area contributed by atoms with Crippen molar-refractivity contribution in [3.05, 3.63) is 53.6 Å².